The van der Waals surface area contributed by atoms with Crippen molar-refractivity contribution in [3.63, 3.8) is 0 Å². The lowest BCUT2D eigenvalue weighted by Gasteiger charge is -2.31. The van der Waals surface area contributed by atoms with Gasteiger partial charge in [0.2, 0.25) is 5.91 Å². The van der Waals surface area contributed by atoms with Crippen LogP contribution in [0.5, 0.6) is 0 Å². The van der Waals surface area contributed by atoms with Crippen molar-refractivity contribution in [3.8, 4) is 0 Å². The van der Waals surface area contributed by atoms with Gasteiger partial charge < -0.3 is 10.2 Å². The van der Waals surface area contributed by atoms with Gasteiger partial charge in [0.1, 0.15) is 5.82 Å². The van der Waals surface area contributed by atoms with Gasteiger partial charge in [0.15, 0.2) is 5.69 Å². The summed E-state index contributed by atoms with van der Waals surface area (Å²) in [5.74, 6) is 0.334. The highest BCUT2D eigenvalue weighted by Gasteiger charge is 2.26. The molecule has 2 amide bonds. The molecule has 4 rings (SSSR count). The maximum absolute atomic E-state index is 13.7. The molecule has 7 heteroatoms. The highest BCUT2D eigenvalue weighted by atomic mass is 19.1. The number of nitrogens with zero attached hydrogens (tertiary/aromatic N) is 2. The molecule has 0 unspecified atom stereocenters. The van der Waals surface area contributed by atoms with Crippen molar-refractivity contribution in [2.75, 3.05) is 18.4 Å². The van der Waals surface area contributed by atoms with E-state index >= 15 is 0 Å². The molecular weight excluding hydrogens is 383 g/mol. The zero-order valence-corrected chi connectivity index (χ0v) is 17.2. The Bertz CT molecular complexity index is 883. The maximum Gasteiger partial charge on any atom is 0.276 e. The molecule has 0 atom stereocenters. The SMILES string of the molecule is O=C(Nc1ccccc1F)c1cc(C2CCN(C(=O)CCC3CCCC3)CC2)[nH]n1. The van der Waals surface area contributed by atoms with Crippen molar-refractivity contribution in [3.05, 3.63) is 47.5 Å². The van der Waals surface area contributed by atoms with Crippen molar-refractivity contribution in [2.45, 2.75) is 57.3 Å². The van der Waals surface area contributed by atoms with Gasteiger partial charge in [0.05, 0.1) is 5.69 Å². The Labute approximate surface area is 176 Å². The van der Waals surface area contributed by atoms with Crippen molar-refractivity contribution < 1.29 is 14.0 Å². The number of hydrogen-bond donors (Lipinski definition) is 2. The minimum Gasteiger partial charge on any atom is -0.343 e. The summed E-state index contributed by atoms with van der Waals surface area (Å²) in [6, 6.07) is 7.79. The normalized spacial score (nSPS) is 18.0. The molecule has 0 bridgehead atoms. The van der Waals surface area contributed by atoms with E-state index in [0.29, 0.717) is 6.42 Å². The summed E-state index contributed by atoms with van der Waals surface area (Å²) >= 11 is 0. The van der Waals surface area contributed by atoms with Crippen LogP contribution in [0.2, 0.25) is 0 Å². The van der Waals surface area contributed by atoms with E-state index in [0.717, 1.165) is 44.0 Å². The van der Waals surface area contributed by atoms with E-state index in [4.69, 9.17) is 0 Å². The van der Waals surface area contributed by atoms with E-state index in [9.17, 15) is 14.0 Å². The molecule has 0 spiro atoms. The van der Waals surface area contributed by atoms with E-state index in [2.05, 4.69) is 15.5 Å². The Morgan fingerprint density at radius 1 is 1.13 bits per heavy atom. The highest BCUT2D eigenvalue weighted by molar-refractivity contribution is 6.02. The van der Waals surface area contributed by atoms with Crippen LogP contribution < -0.4 is 5.32 Å². The van der Waals surface area contributed by atoms with Gasteiger partial charge in [-0.15, -0.1) is 0 Å². The maximum atomic E-state index is 13.7. The molecule has 1 aliphatic heterocycles. The molecule has 6 nitrogen and oxygen atoms in total. The molecule has 30 heavy (non-hydrogen) atoms. The van der Waals surface area contributed by atoms with E-state index < -0.39 is 11.7 Å². The molecule has 1 aromatic heterocycles. The van der Waals surface area contributed by atoms with Crippen LogP contribution in [0.15, 0.2) is 30.3 Å². The lowest BCUT2D eigenvalue weighted by Crippen LogP contribution is -2.38. The number of anilines is 1. The number of amides is 2. The number of piperidine rings is 1. The Hall–Kier alpha value is -2.70. The van der Waals surface area contributed by atoms with Crippen molar-refractivity contribution >= 4 is 17.5 Å². The average Bonchev–Trinajstić information content (AvgIpc) is 3.46. The van der Waals surface area contributed by atoms with Gasteiger partial charge in [-0.05, 0) is 43.4 Å². The van der Waals surface area contributed by atoms with Crippen molar-refractivity contribution in [2.24, 2.45) is 5.92 Å². The predicted octanol–water partition coefficient (Wildman–Crippen LogP) is 4.48. The molecule has 2 N–H and O–H groups in total. The Kier molecular flexibility index (Phi) is 6.45. The van der Waals surface area contributed by atoms with Gasteiger partial charge in [-0.3, -0.25) is 14.7 Å². The fourth-order valence-electron chi connectivity index (χ4n) is 4.64. The van der Waals surface area contributed by atoms with E-state index in [1.165, 1.54) is 37.8 Å². The number of likely N-dealkylation sites (tertiary alicyclic amines) is 1. The second-order valence-corrected chi connectivity index (χ2v) is 8.49. The zero-order valence-electron chi connectivity index (χ0n) is 17.2. The zero-order chi connectivity index (χ0) is 20.9. The summed E-state index contributed by atoms with van der Waals surface area (Å²) in [6.45, 7) is 1.48. The molecule has 1 saturated carbocycles. The molecule has 1 saturated heterocycles. The minimum atomic E-state index is -0.480. The van der Waals surface area contributed by atoms with Gasteiger partial charge in [-0.1, -0.05) is 37.8 Å². The van der Waals surface area contributed by atoms with Crippen LogP contribution in [0.25, 0.3) is 0 Å². The standard InChI is InChI=1S/C23H29FN4O2/c24-18-7-3-4-8-19(18)25-23(30)21-15-20(26-27-21)17-11-13-28(14-12-17)22(29)10-9-16-5-1-2-6-16/h3-4,7-8,15-17H,1-2,5-6,9-14H2,(H,25,30)(H,26,27). The molecule has 2 heterocycles. The van der Waals surface area contributed by atoms with E-state index in [1.807, 2.05) is 4.90 Å². The third-order valence-corrected chi connectivity index (χ3v) is 6.48. The van der Waals surface area contributed by atoms with Crippen LogP contribution in [-0.2, 0) is 4.79 Å². The number of halogens is 1. The molecular formula is C23H29FN4O2. The first-order chi connectivity index (χ1) is 14.6. The summed E-state index contributed by atoms with van der Waals surface area (Å²) in [4.78, 5) is 26.9. The molecule has 1 aliphatic carbocycles. The molecule has 2 aliphatic rings. The number of aromatic nitrogens is 2. The Morgan fingerprint density at radius 3 is 2.60 bits per heavy atom. The molecule has 1 aromatic carbocycles. The molecule has 2 fully saturated rings. The highest BCUT2D eigenvalue weighted by Crippen LogP contribution is 2.30. The van der Waals surface area contributed by atoms with Gasteiger partial charge in [0, 0.05) is 31.1 Å². The lowest BCUT2D eigenvalue weighted by molar-refractivity contribution is -0.132. The predicted molar refractivity (Wildman–Crippen MR) is 113 cm³/mol. The summed E-state index contributed by atoms with van der Waals surface area (Å²) < 4.78 is 13.7. The van der Waals surface area contributed by atoms with Crippen LogP contribution >= 0.6 is 0 Å². The number of para-hydroxylation sites is 1. The number of aromatic amines is 1. The van der Waals surface area contributed by atoms with Gasteiger partial charge in [0.25, 0.3) is 5.91 Å². The van der Waals surface area contributed by atoms with E-state index in [1.54, 1.807) is 18.2 Å². The van der Waals surface area contributed by atoms with Crippen molar-refractivity contribution in [1.29, 1.82) is 0 Å². The first-order valence-electron chi connectivity index (χ1n) is 11.0. The lowest BCUT2D eigenvalue weighted by atomic mass is 9.93. The largest absolute Gasteiger partial charge is 0.343 e. The van der Waals surface area contributed by atoms with Crippen LogP contribution in [-0.4, -0.2) is 40.0 Å². The van der Waals surface area contributed by atoms with Crippen LogP contribution in [0.1, 0.15) is 73.5 Å². The quantitative estimate of drug-likeness (QED) is 0.734. The molecule has 2 aromatic rings. The Balaban J connectivity index is 1.27. The number of nitrogens with one attached hydrogen (secondary N) is 2. The molecule has 160 valence electrons. The van der Waals surface area contributed by atoms with E-state index in [-0.39, 0.29) is 23.2 Å². The summed E-state index contributed by atoms with van der Waals surface area (Å²) in [6.07, 6.45) is 8.59. The number of carbonyl (C=O) groups is 2. The first-order valence-corrected chi connectivity index (χ1v) is 11.0. The number of hydrogen-bond acceptors (Lipinski definition) is 3. The minimum absolute atomic E-state index is 0.136. The van der Waals surface area contributed by atoms with Crippen LogP contribution in [0.3, 0.4) is 0 Å². The fraction of sp³-hybridized carbons (Fsp3) is 0.522. The number of H-pyrrole nitrogens is 1. The molecule has 0 radical (unpaired) electrons. The second kappa shape index (κ2) is 9.41. The average molecular weight is 413 g/mol. The van der Waals surface area contributed by atoms with Gasteiger partial charge >= 0.3 is 0 Å². The topological polar surface area (TPSA) is 78.1 Å². The fourth-order valence-corrected chi connectivity index (χ4v) is 4.64. The van der Waals surface area contributed by atoms with Crippen molar-refractivity contribution in [1.82, 2.24) is 15.1 Å². The monoisotopic (exact) mass is 412 g/mol. The summed E-state index contributed by atoms with van der Waals surface area (Å²) in [7, 11) is 0. The number of rotatable bonds is 6. The number of carbonyl (C=O) groups excluding carboxylic acids is 2. The number of benzene rings is 1. The van der Waals surface area contributed by atoms with Gasteiger partial charge in [-0.25, -0.2) is 4.39 Å². The van der Waals surface area contributed by atoms with Crippen LogP contribution in [0, 0.1) is 11.7 Å². The smallest absolute Gasteiger partial charge is 0.276 e. The van der Waals surface area contributed by atoms with Crippen LogP contribution in [0.4, 0.5) is 10.1 Å². The third-order valence-electron chi connectivity index (χ3n) is 6.48. The summed E-state index contributed by atoms with van der Waals surface area (Å²) in [5.41, 5.74) is 1.27. The Morgan fingerprint density at radius 2 is 1.87 bits per heavy atom. The summed E-state index contributed by atoms with van der Waals surface area (Å²) in [5, 5.41) is 9.61. The second-order valence-electron chi connectivity index (χ2n) is 8.49. The van der Waals surface area contributed by atoms with Gasteiger partial charge in [-0.2, -0.15) is 5.10 Å². The first kappa shape index (κ1) is 20.6. The third kappa shape index (κ3) is 4.89.